The number of hydrogen-bond acceptors (Lipinski definition) is 6. The second-order valence-electron chi connectivity index (χ2n) is 6.44. The molecule has 2 aromatic rings. The number of benzene rings is 1. The fraction of sp³-hybridized carbons (Fsp3) is 0.421. The zero-order chi connectivity index (χ0) is 19.1. The van der Waals surface area contributed by atoms with Crippen molar-refractivity contribution in [3.05, 3.63) is 47.8 Å². The van der Waals surface area contributed by atoms with Gasteiger partial charge in [-0.25, -0.2) is 4.39 Å². The topological polar surface area (TPSA) is 76.6 Å². The Kier molecular flexibility index (Phi) is 6.54. The molecule has 1 aromatic heterocycles. The van der Waals surface area contributed by atoms with Crippen LogP contribution in [0.15, 0.2) is 36.4 Å². The Morgan fingerprint density at radius 2 is 2.11 bits per heavy atom. The summed E-state index contributed by atoms with van der Waals surface area (Å²) in [5.74, 6) is 0.447. The number of rotatable bonds is 8. The maximum atomic E-state index is 13.0. The summed E-state index contributed by atoms with van der Waals surface area (Å²) in [5.41, 5.74) is 0.962. The highest BCUT2D eigenvalue weighted by Gasteiger charge is 2.16. The first-order chi connectivity index (χ1) is 13.1. The Balaban J connectivity index is 1.43. The molecule has 1 aromatic carbocycles. The quantitative estimate of drug-likeness (QED) is 0.761. The molecule has 1 atom stereocenters. The van der Waals surface area contributed by atoms with Crippen LogP contribution in [0.4, 0.5) is 10.2 Å². The van der Waals surface area contributed by atoms with Gasteiger partial charge in [0, 0.05) is 32.8 Å². The van der Waals surface area contributed by atoms with Gasteiger partial charge in [-0.2, -0.15) is 0 Å². The van der Waals surface area contributed by atoms with E-state index in [1.54, 1.807) is 24.3 Å². The highest BCUT2D eigenvalue weighted by atomic mass is 19.1. The van der Waals surface area contributed by atoms with E-state index in [9.17, 15) is 9.18 Å². The van der Waals surface area contributed by atoms with Crippen molar-refractivity contribution in [1.82, 2.24) is 15.5 Å². The lowest BCUT2D eigenvalue weighted by atomic mass is 10.2. The van der Waals surface area contributed by atoms with Crippen molar-refractivity contribution in [2.45, 2.75) is 25.5 Å². The maximum Gasteiger partial charge on any atom is 0.258 e. The predicted molar refractivity (Wildman–Crippen MR) is 98.0 cm³/mol. The summed E-state index contributed by atoms with van der Waals surface area (Å²) in [6.45, 7) is 1.71. The van der Waals surface area contributed by atoms with Crippen LogP contribution < -0.4 is 15.0 Å². The molecule has 1 aliphatic heterocycles. The van der Waals surface area contributed by atoms with Crippen LogP contribution in [0.25, 0.3) is 0 Å². The third kappa shape index (κ3) is 5.89. The molecule has 3 rings (SSSR count). The summed E-state index contributed by atoms with van der Waals surface area (Å²) < 4.78 is 23.8. The van der Waals surface area contributed by atoms with E-state index in [0.29, 0.717) is 18.9 Å². The molecule has 1 unspecified atom stereocenters. The molecule has 0 bridgehead atoms. The van der Waals surface area contributed by atoms with Crippen molar-refractivity contribution < 1.29 is 18.7 Å². The van der Waals surface area contributed by atoms with Gasteiger partial charge in [0.05, 0.1) is 6.10 Å². The molecule has 27 heavy (non-hydrogen) atoms. The third-order valence-corrected chi connectivity index (χ3v) is 4.25. The average molecular weight is 374 g/mol. The number of carbonyl (C=O) groups excluding carboxylic acids is 1. The van der Waals surface area contributed by atoms with Crippen LogP contribution in [0.2, 0.25) is 0 Å². The molecule has 2 heterocycles. The number of anilines is 1. The van der Waals surface area contributed by atoms with Crippen molar-refractivity contribution in [3.63, 3.8) is 0 Å². The van der Waals surface area contributed by atoms with Gasteiger partial charge in [-0.15, -0.1) is 10.2 Å². The van der Waals surface area contributed by atoms with Crippen LogP contribution in [0.1, 0.15) is 18.4 Å². The van der Waals surface area contributed by atoms with E-state index in [-0.39, 0.29) is 30.3 Å². The fourth-order valence-corrected chi connectivity index (χ4v) is 2.76. The number of ether oxygens (including phenoxy) is 2. The number of nitrogens with zero attached hydrogens (tertiary/aromatic N) is 3. The highest BCUT2D eigenvalue weighted by Crippen LogP contribution is 2.15. The van der Waals surface area contributed by atoms with E-state index in [0.717, 1.165) is 25.0 Å². The SMILES string of the molecule is CN(Cc1ccc(F)cc1)c1ccc(OCC(=O)NCC2CCCO2)nn1. The standard InChI is InChI=1S/C19H23FN4O3/c1-24(12-14-4-6-15(20)7-5-14)17-8-9-19(23-22-17)27-13-18(25)21-11-16-3-2-10-26-16/h4-9,16H,2-3,10-13H2,1H3,(H,21,25). The second-order valence-corrected chi connectivity index (χ2v) is 6.44. The van der Waals surface area contributed by atoms with Gasteiger partial charge in [0.25, 0.3) is 5.91 Å². The van der Waals surface area contributed by atoms with Gasteiger partial charge in [-0.3, -0.25) is 4.79 Å². The Bertz CT molecular complexity index is 734. The highest BCUT2D eigenvalue weighted by molar-refractivity contribution is 5.77. The minimum absolute atomic E-state index is 0.102. The molecule has 1 N–H and O–H groups in total. The van der Waals surface area contributed by atoms with Crippen molar-refractivity contribution in [2.24, 2.45) is 0 Å². The molecule has 0 spiro atoms. The van der Waals surface area contributed by atoms with E-state index in [4.69, 9.17) is 9.47 Å². The van der Waals surface area contributed by atoms with Gasteiger partial charge < -0.3 is 19.7 Å². The first-order valence-corrected chi connectivity index (χ1v) is 8.90. The average Bonchev–Trinajstić information content (AvgIpc) is 3.20. The molecule has 1 amide bonds. The van der Waals surface area contributed by atoms with E-state index in [1.807, 2.05) is 11.9 Å². The Morgan fingerprint density at radius 1 is 1.30 bits per heavy atom. The Hall–Kier alpha value is -2.74. The molecule has 1 fully saturated rings. The minimum Gasteiger partial charge on any atom is -0.466 e. The molecule has 144 valence electrons. The van der Waals surface area contributed by atoms with Gasteiger partial charge in [-0.05, 0) is 36.6 Å². The normalized spacial score (nSPS) is 16.1. The zero-order valence-corrected chi connectivity index (χ0v) is 15.2. The van der Waals surface area contributed by atoms with Crippen LogP contribution in [0.5, 0.6) is 5.88 Å². The number of nitrogens with one attached hydrogen (secondary N) is 1. The summed E-state index contributed by atoms with van der Waals surface area (Å²) in [7, 11) is 1.87. The Morgan fingerprint density at radius 3 is 2.78 bits per heavy atom. The summed E-state index contributed by atoms with van der Waals surface area (Å²) in [6.07, 6.45) is 2.11. The van der Waals surface area contributed by atoms with E-state index in [1.165, 1.54) is 12.1 Å². The van der Waals surface area contributed by atoms with E-state index < -0.39 is 0 Å². The predicted octanol–water partition coefficient (Wildman–Crippen LogP) is 1.93. The van der Waals surface area contributed by atoms with Gasteiger partial charge in [0.2, 0.25) is 5.88 Å². The Labute approximate surface area is 157 Å². The van der Waals surface area contributed by atoms with Gasteiger partial charge >= 0.3 is 0 Å². The molecular weight excluding hydrogens is 351 g/mol. The monoisotopic (exact) mass is 374 g/mol. The lowest BCUT2D eigenvalue weighted by Gasteiger charge is -2.17. The number of halogens is 1. The van der Waals surface area contributed by atoms with Crippen LogP contribution in [-0.4, -0.2) is 49.0 Å². The molecule has 1 saturated heterocycles. The molecule has 1 aliphatic rings. The zero-order valence-electron chi connectivity index (χ0n) is 15.2. The second kappa shape index (κ2) is 9.27. The van der Waals surface area contributed by atoms with E-state index >= 15 is 0 Å². The lowest BCUT2D eigenvalue weighted by Crippen LogP contribution is -2.35. The van der Waals surface area contributed by atoms with Gasteiger partial charge in [0.15, 0.2) is 12.4 Å². The minimum atomic E-state index is -0.262. The van der Waals surface area contributed by atoms with Crippen LogP contribution >= 0.6 is 0 Å². The molecule has 8 heteroatoms. The number of aromatic nitrogens is 2. The summed E-state index contributed by atoms with van der Waals surface area (Å²) in [5, 5.41) is 10.9. The fourth-order valence-electron chi connectivity index (χ4n) is 2.76. The van der Waals surface area contributed by atoms with Gasteiger partial charge in [0.1, 0.15) is 5.82 Å². The molecular formula is C19H23FN4O3. The molecule has 0 aliphatic carbocycles. The van der Waals surface area contributed by atoms with Crippen molar-refractivity contribution in [2.75, 3.05) is 31.7 Å². The molecule has 0 saturated carbocycles. The molecule has 0 radical (unpaired) electrons. The summed E-state index contributed by atoms with van der Waals surface area (Å²) in [4.78, 5) is 13.7. The number of amides is 1. The molecule has 7 nitrogen and oxygen atoms in total. The number of carbonyl (C=O) groups is 1. The van der Waals surface area contributed by atoms with E-state index in [2.05, 4.69) is 15.5 Å². The summed E-state index contributed by atoms with van der Waals surface area (Å²) in [6, 6.07) is 9.73. The third-order valence-electron chi connectivity index (χ3n) is 4.25. The lowest BCUT2D eigenvalue weighted by molar-refractivity contribution is -0.123. The van der Waals surface area contributed by atoms with Crippen molar-refractivity contribution in [1.29, 1.82) is 0 Å². The van der Waals surface area contributed by atoms with Crippen LogP contribution in [-0.2, 0) is 16.1 Å². The number of hydrogen-bond donors (Lipinski definition) is 1. The van der Waals surface area contributed by atoms with Crippen LogP contribution in [0, 0.1) is 5.82 Å². The van der Waals surface area contributed by atoms with Crippen molar-refractivity contribution >= 4 is 11.7 Å². The summed E-state index contributed by atoms with van der Waals surface area (Å²) >= 11 is 0. The first-order valence-electron chi connectivity index (χ1n) is 8.90. The van der Waals surface area contributed by atoms with Crippen LogP contribution in [0.3, 0.4) is 0 Å². The smallest absolute Gasteiger partial charge is 0.258 e. The maximum absolute atomic E-state index is 13.0. The largest absolute Gasteiger partial charge is 0.466 e. The first kappa shape index (κ1) is 19.0. The van der Waals surface area contributed by atoms with Crippen molar-refractivity contribution in [3.8, 4) is 5.88 Å². The van der Waals surface area contributed by atoms with Gasteiger partial charge in [-0.1, -0.05) is 12.1 Å².